The molecule has 1 aliphatic rings. The van der Waals surface area contributed by atoms with E-state index in [1.807, 2.05) is 35.1 Å². The van der Waals surface area contributed by atoms with Crippen LogP contribution in [0.25, 0.3) is 4.96 Å². The van der Waals surface area contributed by atoms with Crippen LogP contribution in [0.3, 0.4) is 0 Å². The van der Waals surface area contributed by atoms with Gasteiger partial charge < -0.3 is 10.4 Å². The highest BCUT2D eigenvalue weighted by molar-refractivity contribution is 7.15. The third-order valence-corrected chi connectivity index (χ3v) is 4.93. The van der Waals surface area contributed by atoms with Gasteiger partial charge in [0.1, 0.15) is 0 Å². The lowest BCUT2D eigenvalue weighted by molar-refractivity contribution is -0.147. The topological polar surface area (TPSA) is 83.7 Å². The molecule has 116 valence electrons. The number of carbonyl (C=O) groups excluding carboxylic acids is 1. The van der Waals surface area contributed by atoms with Crippen LogP contribution in [-0.2, 0) is 16.1 Å². The van der Waals surface area contributed by atoms with Gasteiger partial charge >= 0.3 is 5.97 Å². The van der Waals surface area contributed by atoms with Gasteiger partial charge in [-0.05, 0) is 19.8 Å². The van der Waals surface area contributed by atoms with Crippen LogP contribution in [0, 0.1) is 18.8 Å². The zero-order valence-corrected chi connectivity index (χ0v) is 13.0. The minimum Gasteiger partial charge on any atom is -0.481 e. The molecular formula is C15H17N3O3S. The molecule has 1 amide bonds. The van der Waals surface area contributed by atoms with Crippen LogP contribution < -0.4 is 5.32 Å². The van der Waals surface area contributed by atoms with Crippen LogP contribution in [-0.4, -0.2) is 26.4 Å². The third-order valence-electron chi connectivity index (χ3n) is 3.97. The Balaban J connectivity index is 1.66. The van der Waals surface area contributed by atoms with Crippen molar-refractivity contribution in [2.24, 2.45) is 11.8 Å². The number of aromatic nitrogens is 2. The van der Waals surface area contributed by atoms with Gasteiger partial charge in [0.2, 0.25) is 5.91 Å². The minimum atomic E-state index is -0.914. The molecule has 1 aliphatic carbocycles. The molecule has 0 fully saturated rings. The molecule has 2 N–H and O–H groups in total. The molecular weight excluding hydrogens is 302 g/mol. The van der Waals surface area contributed by atoms with Crippen LogP contribution in [0.2, 0.25) is 0 Å². The van der Waals surface area contributed by atoms with E-state index in [9.17, 15) is 14.7 Å². The number of carboxylic acids is 1. The van der Waals surface area contributed by atoms with E-state index in [-0.39, 0.29) is 5.91 Å². The van der Waals surface area contributed by atoms with Crippen LogP contribution >= 0.6 is 11.3 Å². The molecule has 2 heterocycles. The summed E-state index contributed by atoms with van der Waals surface area (Å²) < 4.78 is 1.98. The number of nitrogens with zero attached hydrogens (tertiary/aromatic N) is 2. The molecule has 0 unspecified atom stereocenters. The Morgan fingerprint density at radius 2 is 2.14 bits per heavy atom. The van der Waals surface area contributed by atoms with Gasteiger partial charge in [0.25, 0.3) is 0 Å². The second kappa shape index (κ2) is 5.92. The number of imidazole rings is 1. The molecule has 0 saturated carbocycles. The summed E-state index contributed by atoms with van der Waals surface area (Å²) in [5.74, 6) is -2.28. The summed E-state index contributed by atoms with van der Waals surface area (Å²) in [5, 5.41) is 14.1. The van der Waals surface area contributed by atoms with E-state index in [2.05, 4.69) is 10.3 Å². The average Bonchev–Trinajstić information content (AvgIpc) is 3.07. The maximum absolute atomic E-state index is 12.3. The Morgan fingerprint density at radius 3 is 2.82 bits per heavy atom. The highest BCUT2D eigenvalue weighted by atomic mass is 32.1. The van der Waals surface area contributed by atoms with Crippen molar-refractivity contribution in [2.75, 3.05) is 0 Å². The monoisotopic (exact) mass is 319 g/mol. The first-order valence-electron chi connectivity index (χ1n) is 7.14. The van der Waals surface area contributed by atoms with Gasteiger partial charge in [0, 0.05) is 17.3 Å². The molecule has 2 atom stereocenters. The third kappa shape index (κ3) is 2.76. The maximum Gasteiger partial charge on any atom is 0.307 e. The van der Waals surface area contributed by atoms with Crippen molar-refractivity contribution in [3.63, 3.8) is 0 Å². The van der Waals surface area contributed by atoms with Gasteiger partial charge in [0.15, 0.2) is 4.96 Å². The molecule has 3 rings (SSSR count). The van der Waals surface area contributed by atoms with E-state index in [1.54, 1.807) is 11.3 Å². The van der Waals surface area contributed by atoms with Gasteiger partial charge in [-0.3, -0.25) is 14.0 Å². The first-order chi connectivity index (χ1) is 10.6. The predicted octanol–water partition coefficient (Wildman–Crippen LogP) is 1.99. The molecule has 0 spiro atoms. The molecule has 7 heteroatoms. The Kier molecular flexibility index (Phi) is 3.98. The molecule has 0 aromatic carbocycles. The van der Waals surface area contributed by atoms with Gasteiger partial charge in [0.05, 0.1) is 24.1 Å². The Morgan fingerprint density at radius 1 is 1.41 bits per heavy atom. The average molecular weight is 319 g/mol. The Bertz CT molecular complexity index is 746. The summed E-state index contributed by atoms with van der Waals surface area (Å²) in [7, 11) is 0. The first kappa shape index (κ1) is 14.8. The van der Waals surface area contributed by atoms with Crippen molar-refractivity contribution in [1.29, 1.82) is 0 Å². The Labute approximate surface area is 131 Å². The molecule has 2 aromatic heterocycles. The number of thiazole rings is 1. The normalized spacial score (nSPS) is 21.1. The Hall–Kier alpha value is -2.15. The second-order valence-electron chi connectivity index (χ2n) is 5.47. The largest absolute Gasteiger partial charge is 0.481 e. The lowest BCUT2D eigenvalue weighted by Crippen LogP contribution is -2.38. The molecule has 0 bridgehead atoms. The van der Waals surface area contributed by atoms with Crippen molar-refractivity contribution in [3.8, 4) is 0 Å². The number of nitrogens with one attached hydrogen (secondary N) is 1. The number of hydrogen-bond donors (Lipinski definition) is 2. The summed E-state index contributed by atoms with van der Waals surface area (Å²) in [6, 6.07) is 0. The SMILES string of the molecule is Cc1csc2nc(CNC(=O)[C@H]3CC=CC[C@@H]3C(=O)O)cn12. The summed E-state index contributed by atoms with van der Waals surface area (Å²) in [6.07, 6.45) is 6.48. The molecule has 6 nitrogen and oxygen atoms in total. The highest BCUT2D eigenvalue weighted by Gasteiger charge is 2.33. The smallest absolute Gasteiger partial charge is 0.307 e. The quantitative estimate of drug-likeness (QED) is 0.844. The summed E-state index contributed by atoms with van der Waals surface area (Å²) in [4.78, 5) is 28.8. The van der Waals surface area contributed by atoms with E-state index in [0.717, 1.165) is 16.3 Å². The van der Waals surface area contributed by atoms with E-state index in [0.29, 0.717) is 19.4 Å². The zero-order chi connectivity index (χ0) is 15.7. The number of aliphatic carboxylic acids is 1. The summed E-state index contributed by atoms with van der Waals surface area (Å²) in [6.45, 7) is 2.32. The van der Waals surface area contributed by atoms with Gasteiger partial charge in [-0.1, -0.05) is 12.2 Å². The summed E-state index contributed by atoms with van der Waals surface area (Å²) >= 11 is 1.55. The lowest BCUT2D eigenvalue weighted by Gasteiger charge is -2.24. The van der Waals surface area contributed by atoms with E-state index in [4.69, 9.17) is 0 Å². The predicted molar refractivity (Wildman–Crippen MR) is 82.6 cm³/mol. The van der Waals surface area contributed by atoms with Crippen LogP contribution in [0.4, 0.5) is 0 Å². The number of aryl methyl sites for hydroxylation is 1. The molecule has 0 aliphatic heterocycles. The maximum atomic E-state index is 12.3. The van der Waals surface area contributed by atoms with Crippen LogP contribution in [0.5, 0.6) is 0 Å². The number of fused-ring (bicyclic) bond motifs is 1. The van der Waals surface area contributed by atoms with E-state index >= 15 is 0 Å². The molecule has 22 heavy (non-hydrogen) atoms. The lowest BCUT2D eigenvalue weighted by atomic mass is 9.82. The van der Waals surface area contributed by atoms with E-state index < -0.39 is 17.8 Å². The zero-order valence-electron chi connectivity index (χ0n) is 12.2. The number of amides is 1. The second-order valence-corrected chi connectivity index (χ2v) is 6.31. The minimum absolute atomic E-state index is 0.218. The van der Waals surface area contributed by atoms with Crippen molar-refractivity contribution in [1.82, 2.24) is 14.7 Å². The van der Waals surface area contributed by atoms with Crippen LogP contribution in [0.1, 0.15) is 24.2 Å². The van der Waals surface area contributed by atoms with Gasteiger partial charge in [-0.2, -0.15) is 0 Å². The number of carboxylic acid groups (broad SMARTS) is 1. The van der Waals surface area contributed by atoms with Crippen molar-refractivity contribution in [2.45, 2.75) is 26.3 Å². The van der Waals surface area contributed by atoms with Crippen LogP contribution in [0.15, 0.2) is 23.7 Å². The fourth-order valence-corrected chi connectivity index (χ4v) is 3.58. The summed E-state index contributed by atoms with van der Waals surface area (Å²) in [5.41, 5.74) is 1.88. The fourth-order valence-electron chi connectivity index (χ4n) is 2.71. The number of rotatable bonds is 4. The van der Waals surface area contributed by atoms with Crippen molar-refractivity contribution in [3.05, 3.63) is 35.1 Å². The van der Waals surface area contributed by atoms with Gasteiger partial charge in [-0.15, -0.1) is 11.3 Å². The van der Waals surface area contributed by atoms with Gasteiger partial charge in [-0.25, -0.2) is 4.98 Å². The van der Waals surface area contributed by atoms with Crippen molar-refractivity contribution >= 4 is 28.2 Å². The molecule has 0 radical (unpaired) electrons. The standard InChI is InChI=1S/C15H17N3O3S/c1-9-8-22-15-17-10(7-18(9)15)6-16-13(19)11-4-2-3-5-12(11)14(20)21/h2-3,7-8,11-12H,4-6H2,1H3,(H,16,19)(H,20,21)/t11-,12-/m0/s1. The number of hydrogen-bond acceptors (Lipinski definition) is 4. The number of carbonyl (C=O) groups is 2. The first-order valence-corrected chi connectivity index (χ1v) is 8.02. The molecule has 2 aromatic rings. The van der Waals surface area contributed by atoms with Crippen molar-refractivity contribution < 1.29 is 14.7 Å². The number of allylic oxidation sites excluding steroid dienone is 2. The molecule has 0 saturated heterocycles. The van der Waals surface area contributed by atoms with E-state index in [1.165, 1.54) is 0 Å². The fraction of sp³-hybridized carbons (Fsp3) is 0.400. The highest BCUT2D eigenvalue weighted by Crippen LogP contribution is 2.26.